The maximum absolute atomic E-state index is 10.0. The van der Waals surface area contributed by atoms with Crippen LogP contribution in [0.1, 0.15) is 11.1 Å². The van der Waals surface area contributed by atoms with Gasteiger partial charge in [0.25, 0.3) is 0 Å². The molecule has 0 aliphatic rings. The fourth-order valence-corrected chi connectivity index (χ4v) is 7.30. The lowest BCUT2D eigenvalue weighted by Crippen LogP contribution is -1.99. The minimum Gasteiger partial charge on any atom is -0.309 e. The van der Waals surface area contributed by atoms with E-state index in [-0.39, 0.29) is 0 Å². The summed E-state index contributed by atoms with van der Waals surface area (Å²) in [7, 11) is 0. The maximum atomic E-state index is 10.0. The summed E-state index contributed by atoms with van der Waals surface area (Å²) in [5, 5.41) is 24.2. The van der Waals surface area contributed by atoms with E-state index in [2.05, 4.69) is 143 Å². The van der Waals surface area contributed by atoms with Crippen LogP contribution in [-0.4, -0.2) is 9.13 Å². The topological polar surface area (TPSA) is 57.4 Å². The van der Waals surface area contributed by atoms with Crippen LogP contribution < -0.4 is 0 Å². The molecule has 0 saturated heterocycles. The Kier molecular flexibility index (Phi) is 6.22. The average Bonchev–Trinajstić information content (AvgIpc) is 3.67. The number of fused-ring (bicyclic) bond motifs is 6. The quantitative estimate of drug-likeness (QED) is 0.199. The molecule has 4 nitrogen and oxygen atoms in total. The first kappa shape index (κ1) is 27.4. The summed E-state index contributed by atoms with van der Waals surface area (Å²) in [5.74, 6) is 0. The molecule has 4 heteroatoms. The van der Waals surface area contributed by atoms with Crippen molar-refractivity contribution in [2.24, 2.45) is 0 Å². The van der Waals surface area contributed by atoms with E-state index in [1.807, 2.05) is 36.4 Å². The molecule has 222 valence electrons. The van der Waals surface area contributed by atoms with Gasteiger partial charge in [0.05, 0.1) is 51.0 Å². The number of rotatable bonds is 4. The van der Waals surface area contributed by atoms with Gasteiger partial charge in [0.2, 0.25) is 0 Å². The molecular formula is C44H26N4. The van der Waals surface area contributed by atoms with Gasteiger partial charge in [-0.05, 0) is 83.4 Å². The van der Waals surface area contributed by atoms with Gasteiger partial charge in [-0.1, -0.05) is 91.0 Å². The fraction of sp³-hybridized carbons (Fsp3) is 0. The Hall–Kier alpha value is -6.88. The van der Waals surface area contributed by atoms with Gasteiger partial charge >= 0.3 is 0 Å². The lowest BCUT2D eigenvalue weighted by Gasteiger charge is -2.18. The predicted molar refractivity (Wildman–Crippen MR) is 195 cm³/mol. The highest BCUT2D eigenvalue weighted by molar-refractivity contribution is 6.11. The smallest absolute Gasteiger partial charge is 0.0991 e. The molecule has 7 aromatic carbocycles. The van der Waals surface area contributed by atoms with Crippen LogP contribution in [0.3, 0.4) is 0 Å². The van der Waals surface area contributed by atoms with Gasteiger partial charge in [-0.3, -0.25) is 0 Å². The van der Waals surface area contributed by atoms with Crippen LogP contribution in [0.5, 0.6) is 0 Å². The lowest BCUT2D eigenvalue weighted by molar-refractivity contribution is 1.18. The Bertz CT molecular complexity index is 2760. The van der Waals surface area contributed by atoms with Crippen molar-refractivity contribution in [3.05, 3.63) is 169 Å². The molecule has 0 unspecified atom stereocenters. The predicted octanol–water partition coefficient (Wildman–Crippen LogP) is 11.0. The number of benzene rings is 7. The number of para-hydroxylation sites is 3. The van der Waals surface area contributed by atoms with Gasteiger partial charge < -0.3 is 9.13 Å². The van der Waals surface area contributed by atoms with Crippen LogP contribution in [0.2, 0.25) is 0 Å². The molecule has 48 heavy (non-hydrogen) atoms. The highest BCUT2D eigenvalue weighted by Gasteiger charge is 2.19. The third-order valence-electron chi connectivity index (χ3n) is 9.38. The largest absolute Gasteiger partial charge is 0.309 e. The molecule has 0 N–H and O–H groups in total. The Morgan fingerprint density at radius 1 is 0.375 bits per heavy atom. The lowest BCUT2D eigenvalue weighted by atomic mass is 9.92. The van der Waals surface area contributed by atoms with E-state index in [1.165, 1.54) is 10.8 Å². The van der Waals surface area contributed by atoms with E-state index in [9.17, 15) is 10.5 Å². The van der Waals surface area contributed by atoms with Crippen molar-refractivity contribution in [2.45, 2.75) is 0 Å². The van der Waals surface area contributed by atoms with Crippen molar-refractivity contribution in [3.63, 3.8) is 0 Å². The van der Waals surface area contributed by atoms with Crippen LogP contribution >= 0.6 is 0 Å². The van der Waals surface area contributed by atoms with E-state index >= 15 is 0 Å². The highest BCUT2D eigenvalue weighted by Crippen LogP contribution is 2.41. The summed E-state index contributed by atoms with van der Waals surface area (Å²) in [4.78, 5) is 0. The van der Waals surface area contributed by atoms with E-state index in [0.717, 1.165) is 66.5 Å². The zero-order valence-electron chi connectivity index (χ0n) is 25.8. The minimum atomic E-state index is 0.611. The van der Waals surface area contributed by atoms with Crippen molar-refractivity contribution in [2.75, 3.05) is 0 Å². The summed E-state index contributed by atoms with van der Waals surface area (Å²) < 4.78 is 4.60. The molecule has 0 amide bonds. The second-order valence-electron chi connectivity index (χ2n) is 12.0. The minimum absolute atomic E-state index is 0.611. The van der Waals surface area contributed by atoms with Gasteiger partial charge in [-0.15, -0.1) is 0 Å². The number of nitriles is 2. The van der Waals surface area contributed by atoms with E-state index < -0.39 is 0 Å². The first-order valence-electron chi connectivity index (χ1n) is 15.9. The molecule has 9 aromatic rings. The summed E-state index contributed by atoms with van der Waals surface area (Å²) in [5.41, 5.74) is 11.9. The molecule has 9 rings (SSSR count). The first-order chi connectivity index (χ1) is 23.7. The second kappa shape index (κ2) is 10.9. The molecule has 0 radical (unpaired) electrons. The molecular weight excluding hydrogens is 585 g/mol. The van der Waals surface area contributed by atoms with Crippen LogP contribution in [0, 0.1) is 22.7 Å². The Morgan fingerprint density at radius 3 is 1.60 bits per heavy atom. The number of hydrogen-bond donors (Lipinski definition) is 0. The molecule has 2 heterocycles. The van der Waals surface area contributed by atoms with Crippen molar-refractivity contribution in [1.29, 1.82) is 10.5 Å². The van der Waals surface area contributed by atoms with Crippen molar-refractivity contribution in [3.8, 4) is 45.8 Å². The van der Waals surface area contributed by atoms with Gasteiger partial charge in [0.15, 0.2) is 0 Å². The van der Waals surface area contributed by atoms with Crippen molar-refractivity contribution >= 4 is 43.6 Å². The van der Waals surface area contributed by atoms with Crippen LogP contribution in [0.4, 0.5) is 0 Å². The van der Waals surface area contributed by atoms with Crippen molar-refractivity contribution < 1.29 is 0 Å². The van der Waals surface area contributed by atoms with Crippen molar-refractivity contribution in [1.82, 2.24) is 9.13 Å². The molecule has 0 saturated carbocycles. The summed E-state index contributed by atoms with van der Waals surface area (Å²) in [6, 6.07) is 59.0. The second-order valence-corrected chi connectivity index (χ2v) is 12.0. The standard InChI is InChI=1S/C44H26N4/c45-27-29-21-23-44(48-41-18-7-3-14-35(41)36-15-4-8-19-42(36)48)38(24-29)34-13-2-1-12-33(34)31-10-9-11-32(26-31)47-40-17-6-5-16-37(40)39-25-30(28-46)20-22-43(39)47/h1-26H. The van der Waals surface area contributed by atoms with Gasteiger partial charge in [0.1, 0.15) is 0 Å². The maximum Gasteiger partial charge on any atom is 0.0991 e. The summed E-state index contributed by atoms with van der Waals surface area (Å²) in [6.07, 6.45) is 0. The van der Waals surface area contributed by atoms with E-state index in [1.54, 1.807) is 0 Å². The highest BCUT2D eigenvalue weighted by atomic mass is 15.0. The number of nitrogens with zero attached hydrogens (tertiary/aromatic N) is 4. The van der Waals surface area contributed by atoms with Gasteiger partial charge in [0, 0.05) is 32.8 Å². The SMILES string of the molecule is N#Cc1ccc(-n2c3ccccc3c3ccccc32)c(-c2ccccc2-c2cccc(-n3c4ccccc4c4cc(C#N)ccc43)c2)c1. The molecule has 0 bridgehead atoms. The molecule has 0 atom stereocenters. The molecule has 2 aromatic heterocycles. The van der Waals surface area contributed by atoms with Gasteiger partial charge in [-0.25, -0.2) is 0 Å². The van der Waals surface area contributed by atoms with E-state index in [4.69, 9.17) is 0 Å². The van der Waals surface area contributed by atoms with Crippen LogP contribution in [0.25, 0.3) is 77.2 Å². The normalized spacial score (nSPS) is 11.3. The molecule has 0 spiro atoms. The van der Waals surface area contributed by atoms with Crippen LogP contribution in [0.15, 0.2) is 158 Å². The molecule has 0 fully saturated rings. The zero-order chi connectivity index (χ0) is 32.2. The fourth-order valence-electron chi connectivity index (χ4n) is 7.30. The molecule has 0 aliphatic heterocycles. The Balaban J connectivity index is 1.28. The first-order valence-corrected chi connectivity index (χ1v) is 15.9. The third kappa shape index (κ3) is 4.14. The number of hydrogen-bond acceptors (Lipinski definition) is 2. The summed E-state index contributed by atoms with van der Waals surface area (Å²) >= 11 is 0. The summed E-state index contributed by atoms with van der Waals surface area (Å²) in [6.45, 7) is 0. The third-order valence-corrected chi connectivity index (χ3v) is 9.38. The number of aromatic nitrogens is 2. The average molecular weight is 611 g/mol. The Morgan fingerprint density at radius 2 is 0.917 bits per heavy atom. The van der Waals surface area contributed by atoms with Gasteiger partial charge in [-0.2, -0.15) is 10.5 Å². The Labute approximate surface area is 277 Å². The molecule has 0 aliphatic carbocycles. The van der Waals surface area contributed by atoms with E-state index in [0.29, 0.717) is 11.1 Å². The van der Waals surface area contributed by atoms with Crippen LogP contribution in [-0.2, 0) is 0 Å². The monoisotopic (exact) mass is 610 g/mol. The zero-order valence-corrected chi connectivity index (χ0v) is 25.8.